The van der Waals surface area contributed by atoms with Gasteiger partial charge < -0.3 is 0 Å². The molecule has 3 heterocycles. The molecule has 2 aromatic rings. The maximum Gasteiger partial charge on any atom is 0.248 e. The summed E-state index contributed by atoms with van der Waals surface area (Å²) >= 11 is 0. The van der Waals surface area contributed by atoms with Crippen molar-refractivity contribution in [3.8, 4) is 0 Å². The van der Waals surface area contributed by atoms with Crippen LogP contribution in [-0.4, -0.2) is 32.4 Å². The molecule has 0 aliphatic carbocycles. The van der Waals surface area contributed by atoms with E-state index < -0.39 is 17.7 Å². The third kappa shape index (κ3) is 1.84. The summed E-state index contributed by atoms with van der Waals surface area (Å²) in [5, 5.41) is 6.62. The first kappa shape index (κ1) is 12.8. The quantitative estimate of drug-likeness (QED) is 0.849. The van der Waals surface area contributed by atoms with Gasteiger partial charge in [0.2, 0.25) is 17.8 Å². The Morgan fingerprint density at radius 2 is 2.18 bits per heavy atom. The third-order valence-electron chi connectivity index (χ3n) is 3.87. The van der Waals surface area contributed by atoms with E-state index in [2.05, 4.69) is 20.4 Å². The Balaban J connectivity index is 1.86. The van der Waals surface area contributed by atoms with Gasteiger partial charge in [-0.15, -0.1) is 0 Å². The highest BCUT2D eigenvalue weighted by atomic mass is 19.1. The van der Waals surface area contributed by atoms with Crippen LogP contribution in [0.25, 0.3) is 0 Å². The largest absolute Gasteiger partial charge is 0.294 e. The summed E-state index contributed by atoms with van der Waals surface area (Å²) in [6, 6.07) is 5.92. The summed E-state index contributed by atoms with van der Waals surface area (Å²) in [5.74, 6) is -1.81. The molecule has 2 unspecified atom stereocenters. The molecule has 2 amide bonds. The first-order chi connectivity index (χ1) is 10.6. The fraction of sp³-hybridized carbons (Fsp3) is 0.214. The molecule has 4 rings (SSSR count). The molecular weight excluding hydrogens is 289 g/mol. The molecule has 1 aromatic carbocycles. The normalized spacial score (nSPS) is 23.4. The fourth-order valence-electron chi connectivity index (χ4n) is 2.94. The number of halogens is 1. The van der Waals surface area contributed by atoms with Gasteiger partial charge in [-0.2, -0.15) is 19.8 Å². The number of nitrogens with zero attached hydrogens (tertiary/aromatic N) is 4. The van der Waals surface area contributed by atoms with Crippen LogP contribution in [0.4, 0.5) is 10.3 Å². The van der Waals surface area contributed by atoms with Crippen LogP contribution in [0.1, 0.15) is 17.9 Å². The Morgan fingerprint density at radius 3 is 3.00 bits per heavy atom. The van der Waals surface area contributed by atoms with E-state index >= 15 is 0 Å². The predicted octanol–water partition coefficient (Wildman–Crippen LogP) is 0.946. The summed E-state index contributed by atoms with van der Waals surface area (Å²) < 4.78 is 14.8. The lowest BCUT2D eigenvalue weighted by Crippen LogP contribution is -2.46. The molecule has 2 aliphatic rings. The minimum atomic E-state index is -0.700. The van der Waals surface area contributed by atoms with Crippen LogP contribution < -0.4 is 5.32 Å². The number of anilines is 1. The lowest BCUT2D eigenvalue weighted by atomic mass is 9.79. The zero-order valence-electron chi connectivity index (χ0n) is 11.2. The van der Waals surface area contributed by atoms with Gasteiger partial charge in [-0.1, -0.05) is 12.1 Å². The molecule has 0 radical (unpaired) electrons. The third-order valence-corrected chi connectivity index (χ3v) is 3.87. The Hall–Kier alpha value is -2.90. The van der Waals surface area contributed by atoms with E-state index in [1.165, 1.54) is 23.1 Å². The van der Waals surface area contributed by atoms with Crippen molar-refractivity contribution in [2.45, 2.75) is 12.3 Å². The Kier molecular flexibility index (Phi) is 2.65. The maximum absolute atomic E-state index is 13.5. The minimum Gasteiger partial charge on any atom is -0.294 e. The molecule has 7 nitrogen and oxygen atoms in total. The topological polar surface area (TPSA) is 89.2 Å². The Morgan fingerprint density at radius 1 is 1.32 bits per heavy atom. The lowest BCUT2D eigenvalue weighted by Gasteiger charge is -2.32. The number of aliphatic imine (C=N–C) groups is 1. The highest BCUT2D eigenvalue weighted by Gasteiger charge is 2.44. The predicted molar refractivity (Wildman–Crippen MR) is 73.7 cm³/mol. The average molecular weight is 299 g/mol. The van der Waals surface area contributed by atoms with E-state index in [0.717, 1.165) is 0 Å². The highest BCUT2D eigenvalue weighted by molar-refractivity contribution is 6.17. The standard InChI is InChI=1S/C14H10FN5O2/c15-8-3-1-2-7(4-8)9-5-10(21)18-12-11(9)13(22)19-14-16-6-17-20(12)14/h1-4,6,9,11H,5H2,(H,16,17,19,22). The second-order valence-electron chi connectivity index (χ2n) is 5.19. The van der Waals surface area contributed by atoms with Gasteiger partial charge in [-0.3, -0.25) is 14.9 Å². The smallest absolute Gasteiger partial charge is 0.248 e. The summed E-state index contributed by atoms with van der Waals surface area (Å²) in [6.45, 7) is 0. The summed E-state index contributed by atoms with van der Waals surface area (Å²) in [7, 11) is 0. The van der Waals surface area contributed by atoms with Gasteiger partial charge in [0.15, 0.2) is 5.84 Å². The van der Waals surface area contributed by atoms with Crippen molar-refractivity contribution in [1.82, 2.24) is 14.8 Å². The number of nitrogens with one attached hydrogen (secondary N) is 1. The van der Waals surface area contributed by atoms with E-state index in [4.69, 9.17) is 0 Å². The zero-order chi connectivity index (χ0) is 15.3. The number of amides is 2. The van der Waals surface area contributed by atoms with Crippen LogP contribution in [0.3, 0.4) is 0 Å². The van der Waals surface area contributed by atoms with Crippen LogP contribution in [0.2, 0.25) is 0 Å². The van der Waals surface area contributed by atoms with Crippen molar-refractivity contribution in [3.05, 3.63) is 42.0 Å². The number of carbonyl (C=O) groups is 2. The molecule has 1 N–H and O–H groups in total. The molecule has 0 saturated carbocycles. The van der Waals surface area contributed by atoms with Crippen molar-refractivity contribution in [3.63, 3.8) is 0 Å². The van der Waals surface area contributed by atoms with Gasteiger partial charge in [-0.05, 0) is 17.7 Å². The Bertz CT molecular complexity index is 828. The van der Waals surface area contributed by atoms with E-state index in [-0.39, 0.29) is 30.0 Å². The van der Waals surface area contributed by atoms with E-state index in [0.29, 0.717) is 5.56 Å². The first-order valence-corrected chi connectivity index (χ1v) is 6.71. The molecule has 0 fully saturated rings. The van der Waals surface area contributed by atoms with E-state index in [9.17, 15) is 14.0 Å². The number of hydrogen-bond acceptors (Lipinski definition) is 4. The van der Waals surface area contributed by atoms with Crippen LogP contribution in [0.5, 0.6) is 0 Å². The van der Waals surface area contributed by atoms with Crippen molar-refractivity contribution < 1.29 is 14.0 Å². The number of benzene rings is 1. The second kappa shape index (κ2) is 4.55. The van der Waals surface area contributed by atoms with E-state index in [1.807, 2.05) is 0 Å². The van der Waals surface area contributed by atoms with Crippen LogP contribution in [0.15, 0.2) is 35.6 Å². The number of fused-ring (bicyclic) bond motifs is 3. The molecule has 110 valence electrons. The summed E-state index contributed by atoms with van der Waals surface area (Å²) in [6.07, 6.45) is 1.33. The SMILES string of the molecule is O=C1CC(c2cccc(F)c2)C2C(=O)Nc3ncnn3C2=N1. The number of rotatable bonds is 1. The van der Waals surface area contributed by atoms with Crippen molar-refractivity contribution in [2.24, 2.45) is 10.9 Å². The minimum absolute atomic E-state index is 0.0507. The molecule has 1 aromatic heterocycles. The molecule has 0 spiro atoms. The zero-order valence-corrected chi connectivity index (χ0v) is 11.2. The first-order valence-electron chi connectivity index (χ1n) is 6.71. The molecule has 2 aliphatic heterocycles. The number of carbonyl (C=O) groups excluding carboxylic acids is 2. The molecule has 8 heteroatoms. The summed E-state index contributed by atoms with van der Waals surface area (Å²) in [4.78, 5) is 32.2. The van der Waals surface area contributed by atoms with Gasteiger partial charge in [0.05, 0.1) is 0 Å². The molecular formula is C14H10FN5O2. The van der Waals surface area contributed by atoms with E-state index in [1.54, 1.807) is 12.1 Å². The lowest BCUT2D eigenvalue weighted by molar-refractivity contribution is -0.121. The molecule has 22 heavy (non-hydrogen) atoms. The molecule has 2 atom stereocenters. The number of aromatic nitrogens is 3. The maximum atomic E-state index is 13.5. The molecule has 0 saturated heterocycles. The Labute approximate surface area is 123 Å². The van der Waals surface area contributed by atoms with Crippen molar-refractivity contribution >= 4 is 23.6 Å². The summed E-state index contributed by atoms with van der Waals surface area (Å²) in [5.41, 5.74) is 0.587. The van der Waals surface area contributed by atoms with Crippen LogP contribution >= 0.6 is 0 Å². The van der Waals surface area contributed by atoms with Crippen LogP contribution in [0, 0.1) is 11.7 Å². The highest BCUT2D eigenvalue weighted by Crippen LogP contribution is 2.36. The van der Waals surface area contributed by atoms with Gasteiger partial charge in [0.25, 0.3) is 0 Å². The second-order valence-corrected chi connectivity index (χ2v) is 5.19. The fourth-order valence-corrected chi connectivity index (χ4v) is 2.94. The van der Waals surface area contributed by atoms with Gasteiger partial charge in [0.1, 0.15) is 18.1 Å². The number of hydrogen-bond donors (Lipinski definition) is 1. The van der Waals surface area contributed by atoms with Gasteiger partial charge in [0, 0.05) is 12.3 Å². The van der Waals surface area contributed by atoms with Crippen LogP contribution in [-0.2, 0) is 9.59 Å². The average Bonchev–Trinajstić information content (AvgIpc) is 2.94. The van der Waals surface area contributed by atoms with Crippen molar-refractivity contribution in [2.75, 3.05) is 5.32 Å². The van der Waals surface area contributed by atoms with Gasteiger partial charge in [-0.25, -0.2) is 4.39 Å². The van der Waals surface area contributed by atoms with Gasteiger partial charge >= 0.3 is 0 Å². The monoisotopic (exact) mass is 299 g/mol. The molecule has 0 bridgehead atoms. The van der Waals surface area contributed by atoms with Crippen molar-refractivity contribution in [1.29, 1.82) is 0 Å².